The molecule has 0 aromatic heterocycles. The lowest BCUT2D eigenvalue weighted by Crippen LogP contribution is -1.88. The summed E-state index contributed by atoms with van der Waals surface area (Å²) in [4.78, 5) is 0. The Labute approximate surface area is 70.9 Å². The molecule has 0 spiro atoms. The molecule has 4 N–H and O–H groups in total. The van der Waals surface area contributed by atoms with Crippen LogP contribution in [-0.4, -0.2) is 21.9 Å². The van der Waals surface area contributed by atoms with E-state index in [1.54, 1.807) is 6.07 Å². The number of phenolic OH excluding ortho intramolecular Hbond substituents is 2. The Morgan fingerprint density at radius 1 is 1.17 bits per heavy atom. The normalized spacial score (nSPS) is 10.1. The number of aryl methyl sites for hydroxylation is 1. The maximum Gasteiger partial charge on any atom is 0.157 e. The molecule has 0 aliphatic heterocycles. The van der Waals surface area contributed by atoms with Crippen LogP contribution in [0.4, 0.5) is 0 Å². The van der Waals surface area contributed by atoms with Gasteiger partial charge in [-0.05, 0) is 24.1 Å². The van der Waals surface area contributed by atoms with Crippen molar-refractivity contribution in [2.24, 2.45) is 0 Å². The summed E-state index contributed by atoms with van der Waals surface area (Å²) in [6.07, 6.45) is 1.56. The molecule has 66 valence electrons. The van der Waals surface area contributed by atoms with Crippen molar-refractivity contribution >= 4 is 0 Å². The van der Waals surface area contributed by atoms with E-state index in [2.05, 4.69) is 0 Å². The van der Waals surface area contributed by atoms with Gasteiger partial charge in [0.1, 0.15) is 6.61 Å². The summed E-state index contributed by atoms with van der Waals surface area (Å²) in [5.74, 6) is -0.179. The van der Waals surface area contributed by atoms with Gasteiger partial charge in [-0.3, -0.25) is 0 Å². The van der Waals surface area contributed by atoms with E-state index in [9.17, 15) is 0 Å². The third-order valence-corrected chi connectivity index (χ3v) is 1.68. The molecule has 0 radical (unpaired) electrons. The van der Waals surface area contributed by atoms with Gasteiger partial charge in [0.25, 0.3) is 0 Å². The third kappa shape index (κ3) is 2.13. The first kappa shape index (κ1) is 8.87. The fourth-order valence-corrected chi connectivity index (χ4v) is 1.02. The average Bonchev–Trinajstić information content (AvgIpc) is 2.07. The molecule has 0 aliphatic rings. The minimum absolute atomic E-state index is 0.0857. The van der Waals surface area contributed by atoms with Crippen LogP contribution in [0, 0.1) is 0 Å². The lowest BCUT2D eigenvalue weighted by atomic mass is 10.1. The van der Waals surface area contributed by atoms with Gasteiger partial charge in [-0.25, -0.2) is 0 Å². The van der Waals surface area contributed by atoms with Gasteiger partial charge < -0.3 is 15.3 Å². The Morgan fingerprint density at radius 3 is 2.50 bits per heavy atom. The minimum Gasteiger partial charge on any atom is -0.504 e. The number of aromatic hydroxyl groups is 2. The van der Waals surface area contributed by atoms with Crippen LogP contribution in [0.3, 0.4) is 0 Å². The third-order valence-electron chi connectivity index (χ3n) is 1.68. The quantitative estimate of drug-likeness (QED) is 0.518. The van der Waals surface area contributed by atoms with Crippen LogP contribution < -0.4 is 0 Å². The van der Waals surface area contributed by atoms with Crippen molar-refractivity contribution in [1.82, 2.24) is 0 Å². The second kappa shape index (κ2) is 3.97. The predicted octanol–water partition coefficient (Wildman–Crippen LogP) is 0.755. The smallest absolute Gasteiger partial charge is 0.157 e. The van der Waals surface area contributed by atoms with Crippen molar-refractivity contribution in [3.05, 3.63) is 23.8 Å². The molecular formula is C9H13O3+. The Morgan fingerprint density at radius 2 is 1.92 bits per heavy atom. The highest BCUT2D eigenvalue weighted by molar-refractivity contribution is 5.40. The first-order chi connectivity index (χ1) is 5.74. The molecule has 1 rings (SSSR count). The molecular weight excluding hydrogens is 156 g/mol. The summed E-state index contributed by atoms with van der Waals surface area (Å²) in [6.45, 7) is 0.391. The molecule has 0 amide bonds. The van der Waals surface area contributed by atoms with E-state index in [4.69, 9.17) is 15.3 Å². The zero-order chi connectivity index (χ0) is 8.97. The van der Waals surface area contributed by atoms with Crippen molar-refractivity contribution < 1.29 is 15.3 Å². The SMILES string of the molecule is Oc1ccc(CCC[OH2+])cc1O. The number of rotatable bonds is 3. The van der Waals surface area contributed by atoms with Crippen LogP contribution in [0.25, 0.3) is 0 Å². The Kier molecular flexibility index (Phi) is 2.94. The molecule has 0 heterocycles. The lowest BCUT2D eigenvalue weighted by molar-refractivity contribution is 0.288. The molecule has 0 fully saturated rings. The van der Waals surface area contributed by atoms with Gasteiger partial charge in [0.2, 0.25) is 0 Å². The second-order valence-electron chi connectivity index (χ2n) is 2.68. The zero-order valence-corrected chi connectivity index (χ0v) is 6.75. The second-order valence-corrected chi connectivity index (χ2v) is 2.68. The fourth-order valence-electron chi connectivity index (χ4n) is 1.02. The number of benzene rings is 1. The van der Waals surface area contributed by atoms with E-state index in [1.807, 2.05) is 0 Å². The first-order valence-electron chi connectivity index (χ1n) is 3.89. The molecule has 0 saturated heterocycles. The van der Waals surface area contributed by atoms with Gasteiger partial charge >= 0.3 is 0 Å². The van der Waals surface area contributed by atoms with Gasteiger partial charge in [-0.1, -0.05) is 6.07 Å². The van der Waals surface area contributed by atoms with E-state index in [0.29, 0.717) is 6.61 Å². The van der Waals surface area contributed by atoms with Crippen LogP contribution in [-0.2, 0) is 6.42 Å². The van der Waals surface area contributed by atoms with E-state index in [-0.39, 0.29) is 11.5 Å². The highest BCUT2D eigenvalue weighted by Gasteiger charge is 2.00. The summed E-state index contributed by atoms with van der Waals surface area (Å²) in [7, 11) is 0. The topological polar surface area (TPSA) is 63.4 Å². The lowest BCUT2D eigenvalue weighted by Gasteiger charge is -2.00. The molecule has 3 heteroatoms. The monoisotopic (exact) mass is 169 g/mol. The predicted molar refractivity (Wildman–Crippen MR) is 46.6 cm³/mol. The summed E-state index contributed by atoms with van der Waals surface area (Å²) < 4.78 is 0. The van der Waals surface area contributed by atoms with Crippen molar-refractivity contribution in [1.29, 1.82) is 0 Å². The number of hydrogen-bond donors (Lipinski definition) is 2. The maximum absolute atomic E-state index is 9.10. The van der Waals surface area contributed by atoms with Crippen LogP contribution >= 0.6 is 0 Å². The van der Waals surface area contributed by atoms with Crippen molar-refractivity contribution in [2.75, 3.05) is 6.61 Å². The molecule has 1 aromatic rings. The van der Waals surface area contributed by atoms with Crippen molar-refractivity contribution in [2.45, 2.75) is 12.8 Å². The highest BCUT2D eigenvalue weighted by Crippen LogP contribution is 2.25. The Bertz CT molecular complexity index is 258. The van der Waals surface area contributed by atoms with E-state index in [1.165, 1.54) is 12.1 Å². The average molecular weight is 169 g/mol. The Balaban J connectivity index is 2.69. The molecule has 12 heavy (non-hydrogen) atoms. The minimum atomic E-state index is -0.0929. The molecule has 0 bridgehead atoms. The highest BCUT2D eigenvalue weighted by atomic mass is 16.3. The number of hydrogen-bond acceptors (Lipinski definition) is 2. The summed E-state index contributed by atoms with van der Waals surface area (Å²) in [5, 5.41) is 25.0. The largest absolute Gasteiger partial charge is 0.504 e. The zero-order valence-electron chi connectivity index (χ0n) is 6.75. The van der Waals surface area contributed by atoms with Crippen molar-refractivity contribution in [3.8, 4) is 11.5 Å². The van der Waals surface area contributed by atoms with E-state index >= 15 is 0 Å². The van der Waals surface area contributed by atoms with Crippen LogP contribution in [0.1, 0.15) is 12.0 Å². The molecule has 1 aromatic carbocycles. The maximum atomic E-state index is 9.10. The van der Waals surface area contributed by atoms with E-state index in [0.717, 1.165) is 18.4 Å². The summed E-state index contributed by atoms with van der Waals surface area (Å²) >= 11 is 0. The fraction of sp³-hybridized carbons (Fsp3) is 0.333. The molecule has 0 saturated carbocycles. The van der Waals surface area contributed by atoms with Crippen LogP contribution in [0.2, 0.25) is 0 Å². The van der Waals surface area contributed by atoms with Gasteiger partial charge in [0.05, 0.1) is 0 Å². The van der Waals surface area contributed by atoms with Gasteiger partial charge in [0, 0.05) is 6.42 Å². The first-order valence-corrected chi connectivity index (χ1v) is 3.89. The molecule has 0 atom stereocenters. The van der Waals surface area contributed by atoms with Crippen LogP contribution in [0.15, 0.2) is 18.2 Å². The summed E-state index contributed by atoms with van der Waals surface area (Å²) in [6, 6.07) is 4.75. The summed E-state index contributed by atoms with van der Waals surface area (Å²) in [5.41, 5.74) is 0.956. The molecule has 0 aliphatic carbocycles. The standard InChI is InChI=1S/C9H12O3/c10-5-1-2-7-3-4-8(11)9(12)6-7/h3-4,6,10-12H,1-2,5H2/p+1. The molecule has 3 nitrogen and oxygen atoms in total. The molecule has 0 unspecified atom stereocenters. The van der Waals surface area contributed by atoms with E-state index < -0.39 is 0 Å². The number of phenols is 2. The van der Waals surface area contributed by atoms with Gasteiger partial charge in [-0.2, -0.15) is 0 Å². The van der Waals surface area contributed by atoms with Gasteiger partial charge in [0.15, 0.2) is 11.5 Å². The van der Waals surface area contributed by atoms with Crippen molar-refractivity contribution in [3.63, 3.8) is 0 Å². The Hall–Kier alpha value is -1.22. The van der Waals surface area contributed by atoms with Crippen LogP contribution in [0.5, 0.6) is 11.5 Å². The van der Waals surface area contributed by atoms with Gasteiger partial charge in [-0.15, -0.1) is 0 Å².